The van der Waals surface area contributed by atoms with Crippen molar-refractivity contribution in [2.24, 2.45) is 5.92 Å². The van der Waals surface area contributed by atoms with Gasteiger partial charge in [-0.25, -0.2) is 9.18 Å². The fourth-order valence-corrected chi connectivity index (χ4v) is 2.27. The van der Waals surface area contributed by atoms with E-state index in [1.165, 1.54) is 12.1 Å². The Morgan fingerprint density at radius 3 is 2.63 bits per heavy atom. The van der Waals surface area contributed by atoms with Crippen LogP contribution >= 0.6 is 0 Å². The number of anilines is 2. The zero-order valence-corrected chi connectivity index (χ0v) is 11.2. The van der Waals surface area contributed by atoms with Crippen LogP contribution in [0.15, 0.2) is 12.1 Å². The van der Waals surface area contributed by atoms with Gasteiger partial charge < -0.3 is 15.7 Å². The van der Waals surface area contributed by atoms with E-state index in [0.29, 0.717) is 17.6 Å². The molecular weight excluding hydrogens is 247 g/mol. The molecule has 1 aliphatic rings. The van der Waals surface area contributed by atoms with Gasteiger partial charge in [0.1, 0.15) is 11.4 Å². The van der Waals surface area contributed by atoms with Gasteiger partial charge in [-0.3, -0.25) is 0 Å². The Hall–Kier alpha value is -1.78. The van der Waals surface area contributed by atoms with E-state index >= 15 is 0 Å². The predicted octanol–water partition coefficient (Wildman–Crippen LogP) is 2.73. The Bertz CT molecular complexity index is 498. The topological polar surface area (TPSA) is 66.6 Å². The van der Waals surface area contributed by atoms with E-state index in [1.54, 1.807) is 0 Å². The smallest absolute Gasteiger partial charge is 0.340 e. The molecule has 0 aliphatic heterocycles. The van der Waals surface area contributed by atoms with E-state index in [1.807, 2.05) is 4.90 Å². The summed E-state index contributed by atoms with van der Waals surface area (Å²) in [7, 11) is 0. The maximum absolute atomic E-state index is 13.5. The molecule has 1 saturated carbocycles. The largest absolute Gasteiger partial charge is 0.478 e. The number of nitrogen functional groups attached to an aromatic ring is 1. The molecule has 0 heterocycles. The van der Waals surface area contributed by atoms with E-state index in [-0.39, 0.29) is 11.3 Å². The lowest BCUT2D eigenvalue weighted by molar-refractivity contribution is 0.0698. The third-order valence-corrected chi connectivity index (χ3v) is 3.24. The van der Waals surface area contributed by atoms with E-state index in [2.05, 4.69) is 13.8 Å². The molecule has 0 aromatic heterocycles. The van der Waals surface area contributed by atoms with Crippen molar-refractivity contribution >= 4 is 17.3 Å². The van der Waals surface area contributed by atoms with E-state index in [0.717, 1.165) is 19.4 Å². The molecule has 0 saturated heterocycles. The summed E-state index contributed by atoms with van der Waals surface area (Å²) >= 11 is 0. The van der Waals surface area contributed by atoms with Crippen molar-refractivity contribution in [3.63, 3.8) is 0 Å². The minimum atomic E-state index is -1.18. The first kappa shape index (κ1) is 13.6. The second-order valence-electron chi connectivity index (χ2n) is 5.44. The van der Waals surface area contributed by atoms with Crippen LogP contribution in [0.1, 0.15) is 37.0 Å². The minimum Gasteiger partial charge on any atom is -0.478 e. The molecule has 1 aliphatic carbocycles. The van der Waals surface area contributed by atoms with Gasteiger partial charge in [0.05, 0.1) is 11.4 Å². The Kier molecular flexibility index (Phi) is 3.64. The van der Waals surface area contributed by atoms with Crippen molar-refractivity contribution < 1.29 is 14.3 Å². The van der Waals surface area contributed by atoms with Gasteiger partial charge in [-0.15, -0.1) is 0 Å². The molecule has 1 fully saturated rings. The van der Waals surface area contributed by atoms with Crippen LogP contribution in [-0.2, 0) is 0 Å². The fraction of sp³-hybridized carbons (Fsp3) is 0.500. The minimum absolute atomic E-state index is 0.118. The monoisotopic (exact) mass is 266 g/mol. The second-order valence-corrected chi connectivity index (χ2v) is 5.44. The summed E-state index contributed by atoms with van der Waals surface area (Å²) in [6, 6.07) is 3.12. The van der Waals surface area contributed by atoms with Crippen molar-refractivity contribution in [2.45, 2.75) is 32.7 Å². The normalized spacial score (nSPS) is 14.7. The molecule has 104 valence electrons. The quantitative estimate of drug-likeness (QED) is 0.804. The third-order valence-electron chi connectivity index (χ3n) is 3.24. The van der Waals surface area contributed by atoms with Crippen LogP contribution in [-0.4, -0.2) is 23.7 Å². The lowest BCUT2D eigenvalue weighted by atomic mass is 10.1. The highest BCUT2D eigenvalue weighted by molar-refractivity contribution is 6.00. The predicted molar refractivity (Wildman–Crippen MR) is 73.0 cm³/mol. The summed E-state index contributed by atoms with van der Waals surface area (Å²) in [4.78, 5) is 13.4. The standard InChI is InChI=1S/C14H19FN2O2/c1-8(2)7-17(9-3-4-9)11-6-5-10(15)13(16)12(11)14(18)19/h5-6,8-9H,3-4,7,16H2,1-2H3,(H,18,19). The van der Waals surface area contributed by atoms with Crippen LogP contribution in [0.4, 0.5) is 15.8 Å². The lowest BCUT2D eigenvalue weighted by Gasteiger charge is -2.28. The third kappa shape index (κ3) is 2.80. The summed E-state index contributed by atoms with van der Waals surface area (Å²) in [6.45, 7) is 4.89. The summed E-state index contributed by atoms with van der Waals surface area (Å²) in [6.07, 6.45) is 2.09. The number of hydrogen-bond acceptors (Lipinski definition) is 3. The molecule has 0 amide bonds. The molecule has 0 unspecified atom stereocenters. The van der Waals surface area contributed by atoms with Crippen LogP contribution in [0.3, 0.4) is 0 Å². The lowest BCUT2D eigenvalue weighted by Crippen LogP contribution is -2.31. The summed E-state index contributed by atoms with van der Waals surface area (Å²) in [5.74, 6) is -1.46. The van der Waals surface area contributed by atoms with Crippen LogP contribution < -0.4 is 10.6 Å². The molecule has 2 rings (SSSR count). The van der Waals surface area contributed by atoms with Crippen molar-refractivity contribution in [3.8, 4) is 0 Å². The number of carboxylic acids is 1. The van der Waals surface area contributed by atoms with Crippen LogP contribution in [0.25, 0.3) is 0 Å². The van der Waals surface area contributed by atoms with Crippen molar-refractivity contribution in [1.82, 2.24) is 0 Å². The summed E-state index contributed by atoms with van der Waals surface area (Å²) in [5, 5.41) is 9.28. The van der Waals surface area contributed by atoms with Crippen LogP contribution in [0.5, 0.6) is 0 Å². The molecule has 1 aromatic rings. The molecule has 1 aromatic carbocycles. The molecule has 19 heavy (non-hydrogen) atoms. The van der Waals surface area contributed by atoms with Gasteiger partial charge in [-0.1, -0.05) is 13.8 Å². The first-order valence-electron chi connectivity index (χ1n) is 6.49. The summed E-state index contributed by atoms with van der Waals surface area (Å²) < 4.78 is 13.5. The van der Waals surface area contributed by atoms with Crippen molar-refractivity contribution in [1.29, 1.82) is 0 Å². The molecule has 0 spiro atoms. The maximum atomic E-state index is 13.5. The van der Waals surface area contributed by atoms with E-state index in [4.69, 9.17) is 5.73 Å². The Labute approximate surface area is 112 Å². The molecular formula is C14H19FN2O2. The van der Waals surface area contributed by atoms with Gasteiger partial charge in [-0.2, -0.15) is 0 Å². The van der Waals surface area contributed by atoms with Gasteiger partial charge in [0.2, 0.25) is 0 Å². The molecule has 5 heteroatoms. The van der Waals surface area contributed by atoms with E-state index < -0.39 is 11.8 Å². The fourth-order valence-electron chi connectivity index (χ4n) is 2.27. The average Bonchev–Trinajstić information content (AvgIpc) is 3.12. The number of rotatable bonds is 5. The maximum Gasteiger partial charge on any atom is 0.340 e. The van der Waals surface area contributed by atoms with Crippen LogP contribution in [0, 0.1) is 11.7 Å². The SMILES string of the molecule is CC(C)CN(c1ccc(F)c(N)c1C(=O)O)C1CC1. The number of hydrogen-bond donors (Lipinski definition) is 2. The molecule has 4 nitrogen and oxygen atoms in total. The molecule has 0 bridgehead atoms. The molecule has 0 atom stereocenters. The first-order valence-corrected chi connectivity index (χ1v) is 6.49. The van der Waals surface area contributed by atoms with Crippen molar-refractivity contribution in [2.75, 3.05) is 17.2 Å². The van der Waals surface area contributed by atoms with Gasteiger partial charge in [-0.05, 0) is 30.9 Å². The molecule has 3 N–H and O–H groups in total. The Morgan fingerprint density at radius 1 is 1.53 bits per heavy atom. The highest BCUT2D eigenvalue weighted by Crippen LogP contribution is 2.36. The Morgan fingerprint density at radius 2 is 2.16 bits per heavy atom. The number of benzene rings is 1. The Balaban J connectivity index is 2.47. The highest BCUT2D eigenvalue weighted by atomic mass is 19.1. The molecule has 0 radical (unpaired) electrons. The highest BCUT2D eigenvalue weighted by Gasteiger charge is 2.33. The number of carboxylic acid groups (broad SMARTS) is 1. The average molecular weight is 266 g/mol. The zero-order chi connectivity index (χ0) is 14.2. The van der Waals surface area contributed by atoms with Gasteiger partial charge >= 0.3 is 5.97 Å². The number of aromatic carboxylic acids is 1. The second kappa shape index (κ2) is 5.07. The summed E-state index contributed by atoms with van der Waals surface area (Å²) in [5.41, 5.74) is 5.72. The van der Waals surface area contributed by atoms with Gasteiger partial charge in [0, 0.05) is 12.6 Å². The van der Waals surface area contributed by atoms with Gasteiger partial charge in [0.25, 0.3) is 0 Å². The van der Waals surface area contributed by atoms with Crippen molar-refractivity contribution in [3.05, 3.63) is 23.5 Å². The van der Waals surface area contributed by atoms with Crippen LogP contribution in [0.2, 0.25) is 0 Å². The number of nitrogens with two attached hydrogens (primary N) is 1. The first-order chi connectivity index (χ1) is 8.91. The number of nitrogens with zero attached hydrogens (tertiary/aromatic N) is 1. The number of halogens is 1. The van der Waals surface area contributed by atoms with Gasteiger partial charge in [0.15, 0.2) is 0 Å². The van der Waals surface area contributed by atoms with E-state index in [9.17, 15) is 14.3 Å². The number of carbonyl (C=O) groups is 1. The zero-order valence-electron chi connectivity index (χ0n) is 11.2.